The molecule has 0 bridgehead atoms. The Morgan fingerprint density at radius 1 is 1.09 bits per heavy atom. The molecular formula is C17H32O5. The van der Waals surface area contributed by atoms with E-state index in [1.807, 2.05) is 20.8 Å². The predicted molar refractivity (Wildman–Crippen MR) is 85.3 cm³/mol. The lowest BCUT2D eigenvalue weighted by Gasteiger charge is -2.25. The van der Waals surface area contributed by atoms with E-state index >= 15 is 0 Å². The van der Waals surface area contributed by atoms with Gasteiger partial charge in [-0.05, 0) is 31.1 Å². The Kier molecular flexibility index (Phi) is 10.1. The van der Waals surface area contributed by atoms with Gasteiger partial charge in [-0.2, -0.15) is 0 Å². The van der Waals surface area contributed by atoms with Crippen molar-refractivity contribution < 1.29 is 24.5 Å². The molecule has 0 saturated heterocycles. The lowest BCUT2D eigenvalue weighted by Crippen LogP contribution is -2.27. The third-order valence-corrected chi connectivity index (χ3v) is 3.44. The Morgan fingerprint density at radius 3 is 2.23 bits per heavy atom. The fourth-order valence-corrected chi connectivity index (χ4v) is 2.40. The highest BCUT2D eigenvalue weighted by atomic mass is 16.6. The second-order valence-electron chi connectivity index (χ2n) is 7.13. The minimum Gasteiger partial charge on any atom is -0.481 e. The van der Waals surface area contributed by atoms with Crippen LogP contribution < -0.4 is 0 Å². The van der Waals surface area contributed by atoms with Gasteiger partial charge in [0.05, 0.1) is 5.92 Å². The molecule has 5 nitrogen and oxygen atoms in total. The minimum atomic E-state index is -1.05. The van der Waals surface area contributed by atoms with Crippen LogP contribution in [0.5, 0.6) is 0 Å². The van der Waals surface area contributed by atoms with Crippen molar-refractivity contribution in [1.29, 1.82) is 0 Å². The van der Waals surface area contributed by atoms with Crippen LogP contribution >= 0.6 is 0 Å². The molecule has 5 heteroatoms. The number of aliphatic hydroxyl groups excluding tert-OH is 1. The molecular weight excluding hydrogens is 284 g/mol. The van der Waals surface area contributed by atoms with Crippen LogP contribution in [0, 0.1) is 11.3 Å². The van der Waals surface area contributed by atoms with Gasteiger partial charge in [0.25, 0.3) is 0 Å². The number of carboxylic acids is 1. The average Bonchev–Trinajstić information content (AvgIpc) is 2.35. The quantitative estimate of drug-likeness (QED) is 0.345. The smallest absolute Gasteiger partial charge is 0.311 e. The molecule has 0 aromatic rings. The number of hydrogen-bond donors (Lipinski definition) is 2. The van der Waals surface area contributed by atoms with E-state index in [0.29, 0.717) is 25.7 Å². The van der Waals surface area contributed by atoms with Crippen molar-refractivity contribution in [2.24, 2.45) is 11.3 Å². The summed E-state index contributed by atoms with van der Waals surface area (Å²) < 4.78 is 5.13. The van der Waals surface area contributed by atoms with Crippen LogP contribution in [0.4, 0.5) is 0 Å². The number of aliphatic carboxylic acids is 1. The van der Waals surface area contributed by atoms with Gasteiger partial charge in [0.2, 0.25) is 6.29 Å². The Hall–Kier alpha value is -1.10. The van der Waals surface area contributed by atoms with E-state index in [4.69, 9.17) is 9.84 Å². The molecule has 0 aliphatic carbocycles. The van der Waals surface area contributed by atoms with E-state index in [9.17, 15) is 14.7 Å². The van der Waals surface area contributed by atoms with Crippen molar-refractivity contribution in [3.63, 3.8) is 0 Å². The van der Waals surface area contributed by atoms with Gasteiger partial charge < -0.3 is 14.9 Å². The highest BCUT2D eigenvalue weighted by Gasteiger charge is 2.27. The van der Waals surface area contributed by atoms with Crippen molar-refractivity contribution in [3.8, 4) is 0 Å². The molecule has 0 aromatic carbocycles. The summed E-state index contributed by atoms with van der Waals surface area (Å²) in [5.41, 5.74) is -0.0555. The number of carboxylic acid groups (broad SMARTS) is 1. The highest BCUT2D eigenvalue weighted by Crippen LogP contribution is 2.29. The maximum atomic E-state index is 12.2. The zero-order chi connectivity index (χ0) is 17.2. The maximum absolute atomic E-state index is 12.2. The van der Waals surface area contributed by atoms with E-state index < -0.39 is 18.2 Å². The van der Waals surface area contributed by atoms with E-state index in [1.165, 1.54) is 0 Å². The number of ether oxygens (including phenoxy) is 1. The molecule has 0 fully saturated rings. The van der Waals surface area contributed by atoms with Crippen molar-refractivity contribution in [1.82, 2.24) is 0 Å². The van der Waals surface area contributed by atoms with Gasteiger partial charge in [-0.15, -0.1) is 0 Å². The summed E-state index contributed by atoms with van der Waals surface area (Å²) in [5, 5.41) is 18.5. The molecule has 0 spiro atoms. The molecule has 0 amide bonds. The van der Waals surface area contributed by atoms with Crippen LogP contribution in [0.3, 0.4) is 0 Å². The van der Waals surface area contributed by atoms with Crippen molar-refractivity contribution in [2.75, 3.05) is 0 Å². The molecule has 2 atom stereocenters. The van der Waals surface area contributed by atoms with Crippen molar-refractivity contribution in [3.05, 3.63) is 0 Å². The molecule has 0 saturated carbocycles. The van der Waals surface area contributed by atoms with E-state index in [0.717, 1.165) is 19.3 Å². The molecule has 22 heavy (non-hydrogen) atoms. The van der Waals surface area contributed by atoms with Gasteiger partial charge in [-0.3, -0.25) is 9.59 Å². The number of hydrogen-bond acceptors (Lipinski definition) is 4. The molecule has 0 aromatic heterocycles. The SMILES string of the molecule is CCCCCC(O)OC(=O)C(CCCC(=O)O)CC(C)(C)C. The molecule has 0 aliphatic heterocycles. The molecule has 2 unspecified atom stereocenters. The summed E-state index contributed by atoms with van der Waals surface area (Å²) in [6, 6.07) is 0. The Labute approximate surface area is 134 Å². The first-order valence-corrected chi connectivity index (χ1v) is 8.26. The van der Waals surface area contributed by atoms with Crippen LogP contribution in [0.25, 0.3) is 0 Å². The summed E-state index contributed by atoms with van der Waals surface area (Å²) in [5.74, 6) is -1.63. The molecule has 130 valence electrons. The first-order valence-electron chi connectivity index (χ1n) is 8.26. The van der Waals surface area contributed by atoms with Gasteiger partial charge in [-0.1, -0.05) is 40.5 Å². The fourth-order valence-electron chi connectivity index (χ4n) is 2.40. The number of unbranched alkanes of at least 4 members (excludes halogenated alkanes) is 2. The molecule has 0 rings (SSSR count). The minimum absolute atomic E-state index is 0.0486. The van der Waals surface area contributed by atoms with Crippen LogP contribution in [0.1, 0.15) is 79.1 Å². The summed E-state index contributed by atoms with van der Waals surface area (Å²) in [7, 11) is 0. The first kappa shape index (κ1) is 20.9. The van der Waals surface area contributed by atoms with E-state index in [2.05, 4.69) is 6.92 Å². The lowest BCUT2D eigenvalue weighted by atomic mass is 9.82. The second-order valence-corrected chi connectivity index (χ2v) is 7.13. The van der Waals surface area contributed by atoms with Gasteiger partial charge in [-0.25, -0.2) is 0 Å². The Balaban J connectivity index is 4.43. The highest BCUT2D eigenvalue weighted by molar-refractivity contribution is 5.72. The molecule has 0 aliphatic rings. The van der Waals surface area contributed by atoms with Crippen LogP contribution in [0.2, 0.25) is 0 Å². The average molecular weight is 316 g/mol. The number of carbonyl (C=O) groups is 2. The van der Waals surface area contributed by atoms with Crippen LogP contribution in [-0.2, 0) is 14.3 Å². The first-order chi connectivity index (χ1) is 10.2. The number of esters is 1. The summed E-state index contributed by atoms with van der Waals surface area (Å²) in [6.45, 7) is 8.16. The monoisotopic (exact) mass is 316 g/mol. The van der Waals surface area contributed by atoms with Crippen LogP contribution in [0.15, 0.2) is 0 Å². The predicted octanol–water partition coefficient (Wildman–Crippen LogP) is 3.74. The third-order valence-electron chi connectivity index (χ3n) is 3.44. The number of rotatable bonds is 11. The van der Waals surface area contributed by atoms with Gasteiger partial charge in [0.15, 0.2) is 0 Å². The van der Waals surface area contributed by atoms with Gasteiger partial charge >= 0.3 is 11.9 Å². The second kappa shape index (κ2) is 10.6. The van der Waals surface area contributed by atoms with Crippen molar-refractivity contribution in [2.45, 2.75) is 85.4 Å². The summed E-state index contributed by atoms with van der Waals surface area (Å²) >= 11 is 0. The fraction of sp³-hybridized carbons (Fsp3) is 0.882. The molecule has 0 radical (unpaired) electrons. The Bertz CT molecular complexity index is 332. The van der Waals surface area contributed by atoms with Crippen LogP contribution in [-0.4, -0.2) is 28.4 Å². The number of carbonyl (C=O) groups excluding carboxylic acids is 1. The zero-order valence-electron chi connectivity index (χ0n) is 14.4. The van der Waals surface area contributed by atoms with E-state index in [1.54, 1.807) is 0 Å². The molecule has 0 heterocycles. The maximum Gasteiger partial charge on any atom is 0.311 e. The zero-order valence-corrected chi connectivity index (χ0v) is 14.4. The van der Waals surface area contributed by atoms with Gasteiger partial charge in [0, 0.05) is 12.8 Å². The lowest BCUT2D eigenvalue weighted by molar-refractivity contribution is -0.175. The Morgan fingerprint density at radius 2 is 1.73 bits per heavy atom. The molecule has 2 N–H and O–H groups in total. The summed E-state index contributed by atoms with van der Waals surface area (Å²) in [6.07, 6.45) is 3.86. The standard InChI is InChI=1S/C17H32O5/c1-5-6-7-11-15(20)22-16(21)13(12-17(2,3)4)9-8-10-14(18)19/h13,15,20H,5-12H2,1-4H3,(H,18,19). The summed E-state index contributed by atoms with van der Waals surface area (Å²) in [4.78, 5) is 22.8. The van der Waals surface area contributed by atoms with Gasteiger partial charge in [0.1, 0.15) is 0 Å². The largest absolute Gasteiger partial charge is 0.481 e. The third kappa shape index (κ3) is 11.5. The number of aliphatic hydroxyl groups is 1. The normalized spacial score (nSPS) is 14.4. The van der Waals surface area contributed by atoms with Crippen molar-refractivity contribution >= 4 is 11.9 Å². The topological polar surface area (TPSA) is 83.8 Å². The van der Waals surface area contributed by atoms with E-state index in [-0.39, 0.29) is 17.8 Å².